The molecule has 0 radical (unpaired) electrons. The predicted octanol–water partition coefficient (Wildman–Crippen LogP) is 3.92. The van der Waals surface area contributed by atoms with Gasteiger partial charge in [0.05, 0.1) is 41.1 Å². The third kappa shape index (κ3) is 4.11. The molecule has 0 aliphatic rings. The van der Waals surface area contributed by atoms with Crippen LogP contribution in [0.1, 0.15) is 41.4 Å². The van der Waals surface area contributed by atoms with Crippen molar-refractivity contribution in [1.29, 1.82) is 5.26 Å². The Morgan fingerprint density at radius 3 is 2.60 bits per heavy atom. The lowest BCUT2D eigenvalue weighted by Crippen LogP contribution is -2.32. The van der Waals surface area contributed by atoms with E-state index in [9.17, 15) is 14.9 Å². The van der Waals surface area contributed by atoms with Crippen LogP contribution in [0.4, 0.5) is 22.0 Å². The van der Waals surface area contributed by atoms with Gasteiger partial charge in [0, 0.05) is 17.8 Å². The number of rotatable bonds is 6. The van der Waals surface area contributed by atoms with Crippen LogP contribution < -0.4 is 21.1 Å². The van der Waals surface area contributed by atoms with Crippen molar-refractivity contribution in [2.45, 2.75) is 19.9 Å². The van der Waals surface area contributed by atoms with Crippen molar-refractivity contribution >= 4 is 40.0 Å². The van der Waals surface area contributed by atoms with Crippen LogP contribution in [0.5, 0.6) is 5.75 Å². The Kier molecular flexibility index (Phi) is 6.08. The first-order valence-electron chi connectivity index (χ1n) is 10.7. The summed E-state index contributed by atoms with van der Waals surface area (Å²) in [4.78, 5) is 35.7. The Balaban J connectivity index is 1.89. The molecule has 2 amide bonds. The highest BCUT2D eigenvalue weighted by molar-refractivity contribution is 6.18. The van der Waals surface area contributed by atoms with Gasteiger partial charge in [0.2, 0.25) is 0 Å². The van der Waals surface area contributed by atoms with Crippen molar-refractivity contribution in [3.8, 4) is 11.8 Å². The van der Waals surface area contributed by atoms with E-state index in [0.717, 1.165) is 0 Å². The van der Waals surface area contributed by atoms with E-state index in [-0.39, 0.29) is 28.9 Å². The maximum absolute atomic E-state index is 13.7. The molecule has 0 spiro atoms. The van der Waals surface area contributed by atoms with Gasteiger partial charge in [-0.2, -0.15) is 5.26 Å². The average Bonchev–Trinajstić information content (AvgIpc) is 3.25. The van der Waals surface area contributed by atoms with Crippen molar-refractivity contribution in [2.75, 3.05) is 17.7 Å². The lowest BCUT2D eigenvalue weighted by Gasteiger charge is -2.23. The van der Waals surface area contributed by atoms with Crippen LogP contribution in [0.2, 0.25) is 0 Å². The Morgan fingerprint density at radius 2 is 1.94 bits per heavy atom. The number of carbonyl (C=O) groups excluding carboxylic acids is 2. The first-order chi connectivity index (χ1) is 16.8. The summed E-state index contributed by atoms with van der Waals surface area (Å²) in [6.07, 6.45) is 3.06. The number of ether oxygens (including phenoxy) is 1. The highest BCUT2D eigenvalue weighted by atomic mass is 16.5. The van der Waals surface area contributed by atoms with Gasteiger partial charge in [-0.3, -0.25) is 9.69 Å². The number of benzene rings is 2. The quantitative estimate of drug-likeness (QED) is 0.406. The summed E-state index contributed by atoms with van der Waals surface area (Å²) in [7, 11) is 1.44. The summed E-state index contributed by atoms with van der Waals surface area (Å²) in [5.41, 5.74) is 13.9. The minimum Gasteiger partial charge on any atom is -0.495 e. The minimum atomic E-state index is -0.808. The van der Waals surface area contributed by atoms with Crippen molar-refractivity contribution in [2.24, 2.45) is 5.73 Å². The Labute approximate surface area is 201 Å². The maximum atomic E-state index is 13.7. The van der Waals surface area contributed by atoms with E-state index in [0.29, 0.717) is 33.6 Å². The number of fused-ring (bicyclic) bond motifs is 1. The summed E-state index contributed by atoms with van der Waals surface area (Å²) in [6.45, 7) is 3.94. The van der Waals surface area contributed by atoms with Crippen molar-refractivity contribution in [1.82, 2.24) is 14.5 Å². The largest absolute Gasteiger partial charge is 0.495 e. The fourth-order valence-corrected chi connectivity index (χ4v) is 3.94. The number of hydrogen-bond acceptors (Lipinski definition) is 7. The number of nitrogen functional groups attached to an aromatic ring is 1. The molecular weight excluding hydrogens is 446 g/mol. The fraction of sp³-hybridized carbons (Fsp3) is 0.160. The molecule has 2 heterocycles. The molecule has 35 heavy (non-hydrogen) atoms. The molecule has 0 saturated heterocycles. The van der Waals surface area contributed by atoms with E-state index in [1.54, 1.807) is 36.5 Å². The zero-order chi connectivity index (χ0) is 25.3. The van der Waals surface area contributed by atoms with Gasteiger partial charge in [0.1, 0.15) is 23.5 Å². The number of nitriles is 1. The first kappa shape index (κ1) is 23.3. The molecule has 0 bridgehead atoms. The summed E-state index contributed by atoms with van der Waals surface area (Å²) < 4.78 is 7.31. The third-order valence-electron chi connectivity index (χ3n) is 5.58. The van der Waals surface area contributed by atoms with Crippen LogP contribution in [0.15, 0.2) is 55.0 Å². The lowest BCUT2D eigenvalue weighted by molar-refractivity contribution is 0.104. The number of hydrogen-bond donors (Lipinski definition) is 2. The molecule has 0 aliphatic heterocycles. The van der Waals surface area contributed by atoms with E-state index in [2.05, 4.69) is 9.97 Å². The summed E-state index contributed by atoms with van der Waals surface area (Å²) in [5, 5.41) is 9.73. The fourth-order valence-electron chi connectivity index (χ4n) is 3.94. The number of aromatic nitrogens is 3. The molecule has 4 aromatic rings. The molecule has 4 rings (SSSR count). The standard InChI is InChI=1S/C25H23N7O3/c1-14(2)31-12-18(21-23(27)29-13-30-24(21)31)22(33)16-7-8-20(35-3)19(10-16)32(25(28)34)17-6-4-5-15(9-17)11-26/h4-10,12-14H,1-3H3,(H2,28,34)(H2,27,29,30). The molecule has 2 aromatic heterocycles. The average molecular weight is 470 g/mol. The molecule has 2 aromatic carbocycles. The molecule has 0 unspecified atom stereocenters. The first-order valence-corrected chi connectivity index (χ1v) is 10.7. The minimum absolute atomic E-state index is 0.0255. The number of primary amides is 1. The number of anilines is 3. The van der Waals surface area contributed by atoms with Gasteiger partial charge in [-0.25, -0.2) is 14.8 Å². The van der Waals surface area contributed by atoms with Crippen LogP contribution >= 0.6 is 0 Å². The van der Waals surface area contributed by atoms with Crippen molar-refractivity contribution in [3.63, 3.8) is 0 Å². The smallest absolute Gasteiger partial charge is 0.324 e. The van der Waals surface area contributed by atoms with Crippen LogP contribution in [0, 0.1) is 11.3 Å². The molecule has 0 saturated carbocycles. The van der Waals surface area contributed by atoms with Crippen LogP contribution in [-0.2, 0) is 0 Å². The molecular formula is C25H23N7O3. The van der Waals surface area contributed by atoms with Crippen molar-refractivity contribution in [3.05, 3.63) is 71.7 Å². The summed E-state index contributed by atoms with van der Waals surface area (Å²) >= 11 is 0. The third-order valence-corrected chi connectivity index (χ3v) is 5.58. The normalized spacial score (nSPS) is 10.8. The second-order valence-corrected chi connectivity index (χ2v) is 8.05. The second-order valence-electron chi connectivity index (χ2n) is 8.05. The highest BCUT2D eigenvalue weighted by Crippen LogP contribution is 2.36. The molecule has 4 N–H and O–H groups in total. The van der Waals surface area contributed by atoms with Crippen LogP contribution in [0.25, 0.3) is 11.0 Å². The van der Waals surface area contributed by atoms with Gasteiger partial charge < -0.3 is 20.8 Å². The van der Waals surface area contributed by atoms with E-state index < -0.39 is 6.03 Å². The number of nitrogens with zero attached hydrogens (tertiary/aromatic N) is 5. The SMILES string of the molecule is COc1ccc(C(=O)c2cn(C(C)C)c3ncnc(N)c23)cc1N(C(N)=O)c1cccc(C#N)c1. The number of urea groups is 1. The monoisotopic (exact) mass is 469 g/mol. The molecule has 10 nitrogen and oxygen atoms in total. The highest BCUT2D eigenvalue weighted by Gasteiger charge is 2.25. The number of ketones is 1. The zero-order valence-corrected chi connectivity index (χ0v) is 19.4. The Morgan fingerprint density at radius 1 is 1.17 bits per heavy atom. The molecule has 10 heteroatoms. The van der Waals surface area contributed by atoms with Gasteiger partial charge in [0.25, 0.3) is 0 Å². The van der Waals surface area contributed by atoms with Gasteiger partial charge in [-0.1, -0.05) is 6.07 Å². The van der Waals surface area contributed by atoms with E-state index in [1.807, 2.05) is 24.5 Å². The summed E-state index contributed by atoms with van der Waals surface area (Å²) in [6, 6.07) is 12.3. The molecule has 0 atom stereocenters. The van der Waals surface area contributed by atoms with Crippen LogP contribution in [0.3, 0.4) is 0 Å². The van der Waals surface area contributed by atoms with Gasteiger partial charge in [-0.15, -0.1) is 0 Å². The molecule has 176 valence electrons. The molecule has 0 fully saturated rings. The molecule has 0 aliphatic carbocycles. The predicted molar refractivity (Wildman–Crippen MR) is 132 cm³/mol. The number of carbonyl (C=O) groups is 2. The van der Waals surface area contributed by atoms with E-state index in [4.69, 9.17) is 16.2 Å². The Hall–Kier alpha value is -4.91. The van der Waals surface area contributed by atoms with E-state index in [1.165, 1.54) is 30.5 Å². The maximum Gasteiger partial charge on any atom is 0.324 e. The summed E-state index contributed by atoms with van der Waals surface area (Å²) in [5.74, 6) is 0.170. The Bertz CT molecular complexity index is 1500. The number of amides is 2. The van der Waals surface area contributed by atoms with Crippen molar-refractivity contribution < 1.29 is 14.3 Å². The second kappa shape index (κ2) is 9.15. The van der Waals surface area contributed by atoms with E-state index >= 15 is 0 Å². The number of nitrogens with two attached hydrogens (primary N) is 2. The van der Waals surface area contributed by atoms with Crippen LogP contribution in [-0.4, -0.2) is 33.5 Å². The zero-order valence-electron chi connectivity index (χ0n) is 19.4. The van der Waals surface area contributed by atoms with Gasteiger partial charge in [0.15, 0.2) is 5.78 Å². The van der Waals surface area contributed by atoms with Gasteiger partial charge in [-0.05, 0) is 50.2 Å². The topological polar surface area (TPSA) is 153 Å². The van der Waals surface area contributed by atoms with Gasteiger partial charge >= 0.3 is 6.03 Å². The lowest BCUT2D eigenvalue weighted by atomic mass is 10.0. The number of methoxy groups -OCH3 is 1.